The van der Waals surface area contributed by atoms with Crippen LogP contribution in [-0.4, -0.2) is 4.57 Å². The fraction of sp³-hybridized carbons (Fsp3) is 0.429. The largest absolute Gasteiger partial charge is 0.338 e. The molecule has 1 nitrogen and oxygen atoms in total. The van der Waals surface area contributed by atoms with Crippen molar-refractivity contribution in [2.45, 2.75) is 54.5 Å². The van der Waals surface area contributed by atoms with Gasteiger partial charge in [0.1, 0.15) is 0 Å². The lowest BCUT2D eigenvalue weighted by Gasteiger charge is -2.10. The van der Waals surface area contributed by atoms with E-state index in [2.05, 4.69) is 87.7 Å². The van der Waals surface area contributed by atoms with E-state index in [0.717, 1.165) is 5.92 Å². The highest BCUT2D eigenvalue weighted by atomic mass is 15.0. The summed E-state index contributed by atoms with van der Waals surface area (Å²) in [7, 11) is 0. The SMILES string of the molecule is CC.CC(C)C.CC(C)n1c2ccccc2c2ccccc21. The van der Waals surface area contributed by atoms with E-state index in [4.69, 9.17) is 0 Å². The van der Waals surface area contributed by atoms with Crippen LogP contribution in [0.25, 0.3) is 21.8 Å². The molecule has 0 aliphatic heterocycles. The highest BCUT2D eigenvalue weighted by molar-refractivity contribution is 6.08. The molecule has 0 atom stereocenters. The Kier molecular flexibility index (Phi) is 7.17. The van der Waals surface area contributed by atoms with Crippen molar-refractivity contribution < 1.29 is 0 Å². The minimum atomic E-state index is 0.491. The third kappa shape index (κ3) is 4.13. The van der Waals surface area contributed by atoms with Gasteiger partial charge < -0.3 is 4.57 Å². The van der Waals surface area contributed by atoms with E-state index in [0.29, 0.717) is 6.04 Å². The van der Waals surface area contributed by atoms with E-state index < -0.39 is 0 Å². The van der Waals surface area contributed by atoms with Crippen molar-refractivity contribution in [3.8, 4) is 0 Å². The van der Waals surface area contributed by atoms with Crippen LogP contribution in [0.4, 0.5) is 0 Å². The highest BCUT2D eigenvalue weighted by Crippen LogP contribution is 2.31. The predicted octanol–water partition coefficient (Wildman–Crippen LogP) is 7.06. The quantitative estimate of drug-likeness (QED) is 0.453. The molecule has 3 rings (SSSR count). The van der Waals surface area contributed by atoms with E-state index in [1.54, 1.807) is 0 Å². The minimum absolute atomic E-state index is 0.491. The Balaban J connectivity index is 0.000000354. The van der Waals surface area contributed by atoms with Gasteiger partial charge in [-0.1, -0.05) is 71.0 Å². The standard InChI is InChI=1S/C15H15N.C4H10.C2H6/c1-11(2)16-14-9-5-3-7-12(14)13-8-4-6-10-15(13)16;1-4(2)3;1-2/h3-11H,1-2H3;4H,1-3H3;1-2H3. The third-order valence-electron chi connectivity index (χ3n) is 3.13. The van der Waals surface area contributed by atoms with Crippen LogP contribution in [0.2, 0.25) is 0 Å². The molecule has 1 heteroatoms. The van der Waals surface area contributed by atoms with Crippen LogP contribution in [0.5, 0.6) is 0 Å². The maximum atomic E-state index is 2.41. The molecule has 3 aromatic rings. The summed E-state index contributed by atoms with van der Waals surface area (Å²) in [5.74, 6) is 0.833. The van der Waals surface area contributed by atoms with E-state index >= 15 is 0 Å². The van der Waals surface area contributed by atoms with Crippen molar-refractivity contribution in [1.29, 1.82) is 0 Å². The lowest BCUT2D eigenvalue weighted by molar-refractivity contribution is 0.642. The second kappa shape index (κ2) is 8.63. The Morgan fingerprint density at radius 2 is 0.955 bits per heavy atom. The van der Waals surface area contributed by atoms with Crippen LogP contribution >= 0.6 is 0 Å². The number of rotatable bonds is 1. The molecule has 0 unspecified atom stereocenters. The van der Waals surface area contributed by atoms with Crippen LogP contribution in [-0.2, 0) is 0 Å². The number of fused-ring (bicyclic) bond motifs is 3. The van der Waals surface area contributed by atoms with Gasteiger partial charge in [-0.15, -0.1) is 0 Å². The summed E-state index contributed by atoms with van der Waals surface area (Å²) in [6, 6.07) is 17.8. The Hall–Kier alpha value is -1.76. The maximum Gasteiger partial charge on any atom is 0.0493 e. The summed E-state index contributed by atoms with van der Waals surface area (Å²) in [6.07, 6.45) is 0. The first kappa shape index (κ1) is 18.3. The lowest BCUT2D eigenvalue weighted by atomic mass is 10.2. The van der Waals surface area contributed by atoms with E-state index in [1.165, 1.54) is 21.8 Å². The number of nitrogens with zero attached hydrogens (tertiary/aromatic N) is 1. The van der Waals surface area contributed by atoms with Crippen LogP contribution < -0.4 is 0 Å². The first-order chi connectivity index (χ1) is 10.5. The topological polar surface area (TPSA) is 4.93 Å². The molecule has 0 fully saturated rings. The molecular formula is C21H31N. The predicted molar refractivity (Wildman–Crippen MR) is 102 cm³/mol. The van der Waals surface area contributed by atoms with Crippen molar-refractivity contribution in [3.05, 3.63) is 48.5 Å². The first-order valence-corrected chi connectivity index (χ1v) is 8.50. The summed E-state index contributed by atoms with van der Waals surface area (Å²) >= 11 is 0. The highest BCUT2D eigenvalue weighted by Gasteiger charge is 2.10. The Morgan fingerprint density at radius 1 is 0.636 bits per heavy atom. The number of aromatic nitrogens is 1. The second-order valence-corrected chi connectivity index (χ2v) is 6.23. The fourth-order valence-corrected chi connectivity index (χ4v) is 2.51. The molecule has 0 radical (unpaired) electrons. The van der Waals surface area contributed by atoms with Crippen molar-refractivity contribution in [1.82, 2.24) is 4.57 Å². The number of benzene rings is 2. The fourth-order valence-electron chi connectivity index (χ4n) is 2.51. The van der Waals surface area contributed by atoms with E-state index in [-0.39, 0.29) is 0 Å². The molecule has 0 saturated heterocycles. The smallest absolute Gasteiger partial charge is 0.0493 e. The summed E-state index contributed by atoms with van der Waals surface area (Å²) in [5, 5.41) is 2.71. The Bertz CT molecular complexity index is 633. The Morgan fingerprint density at radius 3 is 1.27 bits per heavy atom. The molecule has 0 N–H and O–H groups in total. The minimum Gasteiger partial charge on any atom is -0.338 e. The van der Waals surface area contributed by atoms with Crippen LogP contribution in [0.3, 0.4) is 0 Å². The van der Waals surface area contributed by atoms with Crippen molar-refractivity contribution in [3.63, 3.8) is 0 Å². The van der Waals surface area contributed by atoms with Gasteiger partial charge in [-0.3, -0.25) is 0 Å². The van der Waals surface area contributed by atoms with Gasteiger partial charge in [-0.2, -0.15) is 0 Å². The molecule has 0 aliphatic carbocycles. The van der Waals surface area contributed by atoms with Gasteiger partial charge in [-0.05, 0) is 31.9 Å². The number of hydrogen-bond acceptors (Lipinski definition) is 0. The molecule has 1 heterocycles. The van der Waals surface area contributed by atoms with Gasteiger partial charge in [0, 0.05) is 27.8 Å². The van der Waals surface area contributed by atoms with Crippen molar-refractivity contribution in [2.24, 2.45) is 5.92 Å². The summed E-state index contributed by atoms with van der Waals surface area (Å²) in [4.78, 5) is 0. The molecule has 0 amide bonds. The van der Waals surface area contributed by atoms with Gasteiger partial charge >= 0.3 is 0 Å². The molecular weight excluding hydrogens is 266 g/mol. The summed E-state index contributed by atoms with van der Waals surface area (Å²) < 4.78 is 2.41. The molecule has 2 aromatic carbocycles. The van der Waals surface area contributed by atoms with Gasteiger partial charge in [0.2, 0.25) is 0 Å². The van der Waals surface area contributed by atoms with E-state index in [9.17, 15) is 0 Å². The van der Waals surface area contributed by atoms with Gasteiger partial charge in [-0.25, -0.2) is 0 Å². The molecule has 0 spiro atoms. The maximum absolute atomic E-state index is 2.41. The zero-order chi connectivity index (χ0) is 16.7. The summed E-state index contributed by atoms with van der Waals surface area (Å²) in [5.41, 5.74) is 2.66. The zero-order valence-corrected chi connectivity index (χ0v) is 15.2. The third-order valence-corrected chi connectivity index (χ3v) is 3.13. The Labute approximate surface area is 136 Å². The number of hydrogen-bond donors (Lipinski definition) is 0. The van der Waals surface area contributed by atoms with Crippen molar-refractivity contribution >= 4 is 21.8 Å². The normalized spacial score (nSPS) is 10.4. The summed E-state index contributed by atoms with van der Waals surface area (Å²) in [6.45, 7) is 15.0. The molecule has 0 bridgehead atoms. The molecule has 1 aromatic heterocycles. The molecule has 22 heavy (non-hydrogen) atoms. The van der Waals surface area contributed by atoms with Gasteiger partial charge in [0.05, 0.1) is 0 Å². The van der Waals surface area contributed by atoms with Crippen LogP contribution in [0.1, 0.15) is 54.5 Å². The lowest BCUT2D eigenvalue weighted by Crippen LogP contribution is -1.99. The average molecular weight is 297 g/mol. The van der Waals surface area contributed by atoms with E-state index in [1.807, 2.05) is 13.8 Å². The molecule has 120 valence electrons. The monoisotopic (exact) mass is 297 g/mol. The van der Waals surface area contributed by atoms with Crippen LogP contribution in [0, 0.1) is 5.92 Å². The molecule has 0 aliphatic rings. The average Bonchev–Trinajstić information content (AvgIpc) is 2.83. The van der Waals surface area contributed by atoms with Crippen LogP contribution in [0.15, 0.2) is 48.5 Å². The molecule has 0 saturated carbocycles. The zero-order valence-electron chi connectivity index (χ0n) is 15.2. The van der Waals surface area contributed by atoms with Gasteiger partial charge in [0.15, 0.2) is 0 Å². The number of para-hydroxylation sites is 2. The second-order valence-electron chi connectivity index (χ2n) is 6.23. The first-order valence-electron chi connectivity index (χ1n) is 8.50. The van der Waals surface area contributed by atoms with Crippen molar-refractivity contribution in [2.75, 3.05) is 0 Å². The van der Waals surface area contributed by atoms with Gasteiger partial charge in [0.25, 0.3) is 0 Å².